The fourth-order valence-electron chi connectivity index (χ4n) is 4.47. The van der Waals surface area contributed by atoms with Crippen LogP contribution < -0.4 is 20.5 Å². The maximum Gasteiger partial charge on any atom is 0.319 e. The molecule has 4 unspecified atom stereocenters. The van der Waals surface area contributed by atoms with Crippen LogP contribution >= 0.6 is 20.1 Å². The van der Waals surface area contributed by atoms with Crippen LogP contribution in [0.4, 0.5) is 5.82 Å². The van der Waals surface area contributed by atoms with E-state index in [1.807, 2.05) is 18.4 Å². The summed E-state index contributed by atoms with van der Waals surface area (Å²) < 4.78 is 25.3. The second-order valence-electron chi connectivity index (χ2n) is 10.6. The molecular formula is C27H39ClN7O5P. The molecule has 12 nitrogen and oxygen atoms in total. The predicted molar refractivity (Wildman–Crippen MR) is 158 cm³/mol. The van der Waals surface area contributed by atoms with E-state index in [0.717, 1.165) is 32.0 Å². The number of carbonyl (C=O) groups is 1. The summed E-state index contributed by atoms with van der Waals surface area (Å²) in [6.45, 7) is 6.43. The number of ether oxygens (including phenoxy) is 2. The van der Waals surface area contributed by atoms with E-state index >= 15 is 0 Å². The zero-order valence-corrected chi connectivity index (χ0v) is 25.7. The number of nitrogens with zero attached hydrogens (tertiary/aromatic N) is 5. The van der Waals surface area contributed by atoms with Crippen LogP contribution in [0, 0.1) is 5.92 Å². The van der Waals surface area contributed by atoms with Gasteiger partial charge in [0.2, 0.25) is 0 Å². The molecule has 1 saturated carbocycles. The van der Waals surface area contributed by atoms with Crippen LogP contribution in [0.3, 0.4) is 0 Å². The Kier molecular flexibility index (Phi) is 10.9. The van der Waals surface area contributed by atoms with Gasteiger partial charge in [-0.2, -0.15) is 0 Å². The van der Waals surface area contributed by atoms with Crippen LogP contribution in [0.5, 0.6) is 5.75 Å². The first-order valence-electron chi connectivity index (χ1n) is 13.6. The lowest BCUT2D eigenvalue weighted by atomic mass is 9.79. The van der Waals surface area contributed by atoms with Crippen LogP contribution in [0.2, 0.25) is 5.02 Å². The molecule has 3 aromatic rings. The normalized spacial score (nSPS) is 22.1. The number of hydrogen-bond acceptors (Lipinski definition) is 11. The molecule has 1 saturated heterocycles. The van der Waals surface area contributed by atoms with Crippen LogP contribution in [-0.4, -0.2) is 64.3 Å². The van der Waals surface area contributed by atoms with E-state index in [2.05, 4.69) is 27.0 Å². The predicted octanol–water partition coefficient (Wildman–Crippen LogP) is 4.79. The summed E-state index contributed by atoms with van der Waals surface area (Å²) in [5, 5.41) is 5.34. The molecule has 2 fully saturated rings. The van der Waals surface area contributed by atoms with Gasteiger partial charge in [0, 0.05) is 25.1 Å². The largest absolute Gasteiger partial charge is 0.436 e. The number of nitrogens with two attached hydrogens (primary N) is 1. The molecule has 0 spiro atoms. The summed E-state index contributed by atoms with van der Waals surface area (Å²) in [5.74, 6) is 7.24. The van der Waals surface area contributed by atoms with Gasteiger partial charge in [-0.25, -0.2) is 25.9 Å². The van der Waals surface area contributed by atoms with Crippen molar-refractivity contribution in [2.75, 3.05) is 25.8 Å². The van der Waals surface area contributed by atoms with E-state index in [-0.39, 0.29) is 18.2 Å². The fraction of sp³-hybridized carbons (Fsp3) is 0.556. The molecule has 14 heteroatoms. The highest BCUT2D eigenvalue weighted by molar-refractivity contribution is 7.45. The third-order valence-corrected chi connectivity index (χ3v) is 8.68. The number of fused-ring (bicyclic) bond motifs is 1. The van der Waals surface area contributed by atoms with Gasteiger partial charge in [0.1, 0.15) is 24.6 Å². The molecule has 1 aromatic carbocycles. The molecule has 2 aliphatic rings. The van der Waals surface area contributed by atoms with Crippen LogP contribution in [0.1, 0.15) is 52.7 Å². The topological polar surface area (TPSA) is 139 Å². The van der Waals surface area contributed by atoms with Crippen LogP contribution in [0.15, 0.2) is 36.9 Å². The third kappa shape index (κ3) is 7.90. The molecule has 41 heavy (non-hydrogen) atoms. The van der Waals surface area contributed by atoms with Crippen molar-refractivity contribution < 1.29 is 23.3 Å². The van der Waals surface area contributed by atoms with E-state index in [1.165, 1.54) is 11.3 Å². The summed E-state index contributed by atoms with van der Waals surface area (Å²) in [6, 6.07) is 7.06. The van der Waals surface area contributed by atoms with Crippen molar-refractivity contribution in [1.82, 2.24) is 24.6 Å². The van der Waals surface area contributed by atoms with Crippen LogP contribution in [-0.2, 0) is 18.8 Å². The SMILES string of the molecule is CC1CC(COP(NC2(C=O)CCC2)Oc2ccc(Cl)cc2)OC1n1cnc2c(N(C)N)ncnc21.COC(C)C. The number of aromatic nitrogens is 4. The number of benzene rings is 1. The quantitative estimate of drug-likeness (QED) is 0.135. The van der Waals surface area contributed by atoms with Gasteiger partial charge in [0.15, 0.2) is 17.0 Å². The van der Waals surface area contributed by atoms with Gasteiger partial charge >= 0.3 is 8.53 Å². The number of rotatable bonds is 11. The molecule has 0 radical (unpaired) electrons. The van der Waals surface area contributed by atoms with Crippen molar-refractivity contribution in [3.8, 4) is 5.75 Å². The monoisotopic (exact) mass is 607 g/mol. The molecule has 1 aliphatic heterocycles. The summed E-state index contributed by atoms with van der Waals surface area (Å²) >= 11 is 6.00. The Bertz CT molecular complexity index is 1270. The van der Waals surface area contributed by atoms with Gasteiger partial charge < -0.3 is 23.3 Å². The number of nitrogens with one attached hydrogen (secondary N) is 1. The van der Waals surface area contributed by atoms with E-state index in [9.17, 15) is 4.79 Å². The summed E-state index contributed by atoms with van der Waals surface area (Å²) in [7, 11) is 1.82. The maximum absolute atomic E-state index is 11.8. The number of aldehydes is 1. The number of methoxy groups -OCH3 is 1. The Morgan fingerprint density at radius 3 is 2.59 bits per heavy atom. The minimum atomic E-state index is -1.59. The Morgan fingerprint density at radius 2 is 2.00 bits per heavy atom. The number of halogens is 1. The standard InChI is InChI=1S/C23H29ClN7O4P.C4H10O/c1-15-10-18(34-22(15)31-14-28-19-20(30(2)25)26-13-27-21(19)31)11-33-36(29-23(12-32)8-3-9-23)35-17-6-4-16(24)5-7-17;1-4(2)5-3/h4-7,12-15,18,22,29H,3,8-11,25H2,1-2H3;4H,1-3H3. The first kappa shape index (κ1) is 31.5. The van der Waals surface area contributed by atoms with E-state index in [0.29, 0.717) is 40.5 Å². The molecular weight excluding hydrogens is 569 g/mol. The molecule has 4 atom stereocenters. The third-order valence-electron chi connectivity index (χ3n) is 7.04. The molecule has 5 rings (SSSR count). The molecule has 3 heterocycles. The molecule has 0 amide bonds. The minimum absolute atomic E-state index is 0.171. The average molecular weight is 608 g/mol. The smallest absolute Gasteiger partial charge is 0.319 e. The highest BCUT2D eigenvalue weighted by Crippen LogP contribution is 2.44. The number of anilines is 1. The highest BCUT2D eigenvalue weighted by atomic mass is 35.5. The van der Waals surface area contributed by atoms with Crippen molar-refractivity contribution in [1.29, 1.82) is 0 Å². The maximum atomic E-state index is 11.8. The molecule has 1 aliphatic carbocycles. The van der Waals surface area contributed by atoms with Crippen molar-refractivity contribution in [3.05, 3.63) is 41.9 Å². The molecule has 224 valence electrons. The lowest BCUT2D eigenvalue weighted by molar-refractivity contribution is -0.115. The van der Waals surface area contributed by atoms with Crippen molar-refractivity contribution in [2.24, 2.45) is 11.8 Å². The van der Waals surface area contributed by atoms with E-state index in [4.69, 9.17) is 36.0 Å². The molecule has 3 N–H and O–H groups in total. The summed E-state index contributed by atoms with van der Waals surface area (Å²) in [5.41, 5.74) is 0.665. The first-order valence-corrected chi connectivity index (χ1v) is 15.1. The Labute approximate surface area is 246 Å². The zero-order valence-electron chi connectivity index (χ0n) is 24.1. The minimum Gasteiger partial charge on any atom is -0.436 e. The molecule has 2 aromatic heterocycles. The van der Waals surface area contributed by atoms with Gasteiger partial charge in [0.25, 0.3) is 0 Å². The van der Waals surface area contributed by atoms with Gasteiger partial charge in [0.05, 0.1) is 30.7 Å². The number of hydrazine groups is 1. The van der Waals surface area contributed by atoms with Gasteiger partial charge in [-0.3, -0.25) is 9.58 Å². The second kappa shape index (κ2) is 14.2. The number of imidazole rings is 1. The van der Waals surface area contributed by atoms with Gasteiger partial charge in [-0.15, -0.1) is 0 Å². The van der Waals surface area contributed by atoms with E-state index in [1.54, 1.807) is 44.8 Å². The van der Waals surface area contributed by atoms with Crippen molar-refractivity contribution in [2.45, 2.75) is 70.4 Å². The van der Waals surface area contributed by atoms with Crippen LogP contribution in [0.25, 0.3) is 11.2 Å². The molecule has 0 bridgehead atoms. The second-order valence-corrected chi connectivity index (χ2v) is 12.2. The number of hydrogen-bond donors (Lipinski definition) is 2. The van der Waals surface area contributed by atoms with Crippen molar-refractivity contribution in [3.63, 3.8) is 0 Å². The van der Waals surface area contributed by atoms with E-state index < -0.39 is 14.1 Å². The Morgan fingerprint density at radius 1 is 1.29 bits per heavy atom. The van der Waals surface area contributed by atoms with Gasteiger partial charge in [-0.1, -0.05) is 18.5 Å². The van der Waals surface area contributed by atoms with Crippen molar-refractivity contribution >= 4 is 43.4 Å². The summed E-state index contributed by atoms with van der Waals surface area (Å²) in [4.78, 5) is 24.9. The Balaban J connectivity index is 0.000000714. The average Bonchev–Trinajstić information content (AvgIpc) is 3.53. The lowest BCUT2D eigenvalue weighted by Gasteiger charge is -2.39. The number of carbonyl (C=O) groups excluding carboxylic acids is 1. The highest BCUT2D eigenvalue weighted by Gasteiger charge is 2.41. The fourth-order valence-corrected chi connectivity index (χ4v) is 6.01. The Hall–Kier alpha value is -2.44. The lowest BCUT2D eigenvalue weighted by Crippen LogP contribution is -2.50. The summed E-state index contributed by atoms with van der Waals surface area (Å²) in [6.07, 6.45) is 7.38. The first-order chi connectivity index (χ1) is 19.6. The zero-order chi connectivity index (χ0) is 29.6. The van der Waals surface area contributed by atoms with Gasteiger partial charge in [-0.05, 0) is 63.8 Å².